The van der Waals surface area contributed by atoms with Crippen molar-refractivity contribution in [3.8, 4) is 0 Å². The Balaban J connectivity index is 3.00. The molecule has 1 atom stereocenters. The van der Waals surface area contributed by atoms with Crippen LogP contribution in [-0.4, -0.2) is 24.8 Å². The van der Waals surface area contributed by atoms with Crippen LogP contribution in [0.4, 0.5) is 8.78 Å². The van der Waals surface area contributed by atoms with Gasteiger partial charge < -0.3 is 11.1 Å². The van der Waals surface area contributed by atoms with Crippen molar-refractivity contribution in [1.29, 1.82) is 0 Å². The van der Waals surface area contributed by atoms with E-state index in [1.807, 2.05) is 0 Å². The first kappa shape index (κ1) is 9.88. The molecule has 1 rings (SSSR count). The van der Waals surface area contributed by atoms with Gasteiger partial charge in [-0.3, -0.25) is 9.59 Å². The van der Waals surface area contributed by atoms with Crippen molar-refractivity contribution in [2.24, 2.45) is 11.1 Å². The number of alkyl halides is 2. The van der Waals surface area contributed by atoms with E-state index in [4.69, 9.17) is 5.73 Å². The predicted octanol–water partition coefficient (Wildman–Crippen LogP) is -0.367. The molecule has 0 aliphatic carbocycles. The van der Waals surface area contributed by atoms with Crippen molar-refractivity contribution in [1.82, 2.24) is 5.32 Å². The van der Waals surface area contributed by atoms with Crippen LogP contribution in [0.5, 0.6) is 0 Å². The fourth-order valence-corrected chi connectivity index (χ4v) is 1.39. The highest BCUT2D eigenvalue weighted by Crippen LogP contribution is 2.33. The summed E-state index contributed by atoms with van der Waals surface area (Å²) in [6.07, 6.45) is -2.87. The highest BCUT2D eigenvalue weighted by atomic mass is 19.3. The Morgan fingerprint density at radius 2 is 2.23 bits per heavy atom. The molecule has 1 fully saturated rings. The molecule has 13 heavy (non-hydrogen) atoms. The molecular formula is C7H10F2N2O2. The summed E-state index contributed by atoms with van der Waals surface area (Å²) in [5.41, 5.74) is 2.51. The zero-order chi connectivity index (χ0) is 10.1. The van der Waals surface area contributed by atoms with E-state index in [1.54, 1.807) is 0 Å². The predicted molar refractivity (Wildman–Crippen MR) is 39.9 cm³/mol. The number of hydrogen-bond donors (Lipinski definition) is 2. The van der Waals surface area contributed by atoms with Crippen LogP contribution in [0.1, 0.15) is 12.8 Å². The number of piperidine rings is 1. The summed E-state index contributed by atoms with van der Waals surface area (Å²) < 4.78 is 25.0. The lowest BCUT2D eigenvalue weighted by molar-refractivity contribution is -0.155. The lowest BCUT2D eigenvalue weighted by atomic mass is 9.79. The molecule has 0 aromatic heterocycles. The second-order valence-corrected chi connectivity index (χ2v) is 3.00. The maximum Gasteiger partial charge on any atom is 0.261 e. The third-order valence-electron chi connectivity index (χ3n) is 2.25. The van der Waals surface area contributed by atoms with Crippen LogP contribution in [0.2, 0.25) is 0 Å². The maximum absolute atomic E-state index is 12.5. The van der Waals surface area contributed by atoms with E-state index in [2.05, 4.69) is 5.32 Å². The molecule has 0 radical (unpaired) electrons. The van der Waals surface area contributed by atoms with Crippen LogP contribution >= 0.6 is 0 Å². The summed E-state index contributed by atoms with van der Waals surface area (Å²) in [5.74, 6) is -2.21. The number of nitrogens with one attached hydrogen (secondary N) is 1. The van der Waals surface area contributed by atoms with Gasteiger partial charge in [-0.15, -0.1) is 0 Å². The highest BCUT2D eigenvalue weighted by Gasteiger charge is 2.53. The number of nitrogens with two attached hydrogens (primary N) is 1. The molecule has 0 saturated carbocycles. The molecule has 74 valence electrons. The Morgan fingerprint density at radius 1 is 1.62 bits per heavy atom. The van der Waals surface area contributed by atoms with Gasteiger partial charge in [0.2, 0.25) is 11.8 Å². The van der Waals surface area contributed by atoms with Crippen LogP contribution in [0.25, 0.3) is 0 Å². The fourth-order valence-electron chi connectivity index (χ4n) is 1.39. The van der Waals surface area contributed by atoms with Crippen LogP contribution < -0.4 is 11.1 Å². The quantitative estimate of drug-likeness (QED) is 0.586. The van der Waals surface area contributed by atoms with Gasteiger partial charge in [0.25, 0.3) is 6.43 Å². The average Bonchev–Trinajstić information content (AvgIpc) is 2.04. The first-order valence-electron chi connectivity index (χ1n) is 3.88. The van der Waals surface area contributed by atoms with E-state index < -0.39 is 23.7 Å². The molecule has 6 heteroatoms. The fraction of sp³-hybridized carbons (Fsp3) is 0.714. The number of carbonyl (C=O) groups excluding carboxylic acids is 2. The van der Waals surface area contributed by atoms with Gasteiger partial charge in [-0.25, -0.2) is 8.78 Å². The highest BCUT2D eigenvalue weighted by molar-refractivity contribution is 6.05. The third kappa shape index (κ3) is 1.36. The molecule has 1 heterocycles. The molecule has 0 bridgehead atoms. The Kier molecular flexibility index (Phi) is 2.49. The number of amides is 2. The SMILES string of the molecule is NC(=O)[C@@]1(C(F)F)CCCNC1=O. The molecular weight excluding hydrogens is 182 g/mol. The minimum Gasteiger partial charge on any atom is -0.369 e. The van der Waals surface area contributed by atoms with Crippen molar-refractivity contribution in [2.45, 2.75) is 19.3 Å². The molecule has 4 nitrogen and oxygen atoms in total. The molecule has 1 aliphatic rings. The van der Waals surface area contributed by atoms with Gasteiger partial charge in [0.15, 0.2) is 5.41 Å². The molecule has 0 spiro atoms. The minimum atomic E-state index is -3.04. The monoisotopic (exact) mass is 192 g/mol. The van der Waals surface area contributed by atoms with Crippen molar-refractivity contribution in [3.63, 3.8) is 0 Å². The first-order chi connectivity index (χ1) is 6.01. The number of primary amides is 1. The normalized spacial score (nSPS) is 28.7. The first-order valence-corrected chi connectivity index (χ1v) is 3.88. The van der Waals surface area contributed by atoms with Crippen molar-refractivity contribution >= 4 is 11.8 Å². The topological polar surface area (TPSA) is 72.2 Å². The molecule has 0 aromatic carbocycles. The summed E-state index contributed by atoms with van der Waals surface area (Å²) in [6.45, 7) is 0.320. The number of halogens is 2. The number of hydrogen-bond acceptors (Lipinski definition) is 2. The molecule has 1 aliphatic heterocycles. The van der Waals surface area contributed by atoms with Crippen LogP contribution in [0.3, 0.4) is 0 Å². The maximum atomic E-state index is 12.5. The van der Waals surface area contributed by atoms with E-state index in [0.29, 0.717) is 13.0 Å². The summed E-state index contributed by atoms with van der Waals surface area (Å²) in [7, 11) is 0. The lowest BCUT2D eigenvalue weighted by Gasteiger charge is -2.31. The van der Waals surface area contributed by atoms with Gasteiger partial charge in [-0.2, -0.15) is 0 Å². The Morgan fingerprint density at radius 3 is 2.54 bits per heavy atom. The summed E-state index contributed by atoms with van der Waals surface area (Å²) in [5, 5.41) is 2.22. The molecule has 0 aromatic rings. The van der Waals surface area contributed by atoms with Crippen molar-refractivity contribution < 1.29 is 18.4 Å². The van der Waals surface area contributed by atoms with Gasteiger partial charge in [-0.1, -0.05) is 0 Å². The second-order valence-electron chi connectivity index (χ2n) is 3.00. The zero-order valence-electron chi connectivity index (χ0n) is 6.85. The van der Waals surface area contributed by atoms with Crippen LogP contribution in [0.15, 0.2) is 0 Å². The van der Waals surface area contributed by atoms with Crippen LogP contribution in [0, 0.1) is 5.41 Å². The molecule has 1 saturated heterocycles. The average molecular weight is 192 g/mol. The summed E-state index contributed by atoms with van der Waals surface area (Å²) in [6, 6.07) is 0. The van der Waals surface area contributed by atoms with Crippen LogP contribution in [-0.2, 0) is 9.59 Å². The smallest absolute Gasteiger partial charge is 0.261 e. The number of carbonyl (C=O) groups is 2. The minimum absolute atomic E-state index is 0.175. The van der Waals surface area contributed by atoms with E-state index in [1.165, 1.54) is 0 Å². The Labute approximate surface area is 73.5 Å². The van der Waals surface area contributed by atoms with Crippen molar-refractivity contribution in [3.05, 3.63) is 0 Å². The van der Waals surface area contributed by atoms with Gasteiger partial charge in [0.1, 0.15) is 0 Å². The van der Waals surface area contributed by atoms with E-state index >= 15 is 0 Å². The Hall–Kier alpha value is -1.20. The molecule has 0 unspecified atom stereocenters. The van der Waals surface area contributed by atoms with Gasteiger partial charge in [0, 0.05) is 6.54 Å². The van der Waals surface area contributed by atoms with E-state index in [9.17, 15) is 18.4 Å². The lowest BCUT2D eigenvalue weighted by Crippen LogP contribution is -2.57. The van der Waals surface area contributed by atoms with E-state index in [0.717, 1.165) is 0 Å². The zero-order valence-corrected chi connectivity index (χ0v) is 6.85. The Bertz CT molecular complexity index is 245. The third-order valence-corrected chi connectivity index (χ3v) is 2.25. The summed E-state index contributed by atoms with van der Waals surface area (Å²) >= 11 is 0. The summed E-state index contributed by atoms with van der Waals surface area (Å²) in [4.78, 5) is 21.9. The van der Waals surface area contributed by atoms with Gasteiger partial charge in [0.05, 0.1) is 0 Å². The standard InChI is InChI=1S/C7H10F2N2O2/c8-4(9)7(5(10)12)2-1-3-11-6(7)13/h4H,1-3H2,(H2,10,12)(H,11,13)/t7-/m0/s1. The molecule has 2 amide bonds. The molecule has 3 N–H and O–H groups in total. The second kappa shape index (κ2) is 3.27. The van der Waals surface area contributed by atoms with Gasteiger partial charge >= 0.3 is 0 Å². The van der Waals surface area contributed by atoms with E-state index in [-0.39, 0.29) is 6.42 Å². The van der Waals surface area contributed by atoms with Crippen molar-refractivity contribution in [2.75, 3.05) is 6.54 Å². The number of rotatable bonds is 2. The van der Waals surface area contributed by atoms with Gasteiger partial charge in [-0.05, 0) is 12.8 Å². The largest absolute Gasteiger partial charge is 0.369 e.